The number of hydrogen-bond acceptors (Lipinski definition) is 8. The van der Waals surface area contributed by atoms with Crippen LogP contribution in [0.25, 0.3) is 11.0 Å². The molecule has 2 unspecified atom stereocenters. The Balaban J connectivity index is 0.00000442. The van der Waals surface area contributed by atoms with Crippen LogP contribution in [0.4, 0.5) is 0 Å². The topological polar surface area (TPSA) is 108 Å². The third kappa shape index (κ3) is 7.01. The molecule has 0 saturated heterocycles. The number of esters is 2. The van der Waals surface area contributed by atoms with E-state index < -0.39 is 17.9 Å². The zero-order valence-corrected chi connectivity index (χ0v) is 26.1. The molecule has 4 aromatic rings. The second-order valence-corrected chi connectivity index (χ2v) is 10.9. The molecule has 2 heterocycles. The number of methoxy groups -OCH3 is 1. The third-order valence-electron chi connectivity index (χ3n) is 8.04. The minimum Gasteiger partial charge on any atom is -1.00 e. The van der Waals surface area contributed by atoms with Crippen LogP contribution in [0.5, 0.6) is 0 Å². The van der Waals surface area contributed by atoms with Gasteiger partial charge in [-0.05, 0) is 46.9 Å². The standard InChI is InChI=1S/C34H36N4O5.ClH/c1-22-29(33(39)41-4)31(27-16-11-17-28-32(27)37-43-36-28)30(23(2)35-22)34(40)42-21-20-38(3)19-18-26(24-12-7-5-8-13-24)25-14-9-6-10-15-25;/h5-17,26,31,35H,18-21H2,1-4H3;1H. The summed E-state index contributed by atoms with van der Waals surface area (Å²) in [7, 11) is 3.43. The Bertz CT molecular complexity index is 1610. The first-order valence-corrected chi connectivity index (χ1v) is 14.4. The predicted molar refractivity (Wildman–Crippen MR) is 162 cm³/mol. The molecule has 9 nitrogen and oxygen atoms in total. The van der Waals surface area contributed by atoms with Gasteiger partial charge >= 0.3 is 11.9 Å². The van der Waals surface area contributed by atoms with Gasteiger partial charge in [-0.3, -0.25) is 0 Å². The highest BCUT2D eigenvalue weighted by Crippen LogP contribution is 2.41. The normalized spacial score (nSPS) is 15.5. The molecule has 0 spiro atoms. The fourth-order valence-electron chi connectivity index (χ4n) is 5.82. The molecule has 230 valence electrons. The molecule has 44 heavy (non-hydrogen) atoms. The lowest BCUT2D eigenvalue weighted by Crippen LogP contribution is -3.09. The Morgan fingerprint density at radius 1 is 0.864 bits per heavy atom. The van der Waals surface area contributed by atoms with Crippen LogP contribution in [0, 0.1) is 0 Å². The molecule has 1 aliphatic heterocycles. The monoisotopic (exact) mass is 616 g/mol. The summed E-state index contributed by atoms with van der Waals surface area (Å²) in [5.74, 6) is -1.53. The van der Waals surface area contributed by atoms with E-state index in [9.17, 15) is 9.59 Å². The minimum atomic E-state index is -0.764. The Kier molecular flexibility index (Phi) is 10.9. The maximum atomic E-state index is 13.7. The second kappa shape index (κ2) is 14.8. The van der Waals surface area contributed by atoms with Gasteiger partial charge in [0.25, 0.3) is 0 Å². The van der Waals surface area contributed by atoms with Gasteiger partial charge < -0.3 is 32.1 Å². The number of likely N-dealkylation sites (N-methyl/N-ethyl adjacent to an activating group) is 1. The maximum absolute atomic E-state index is 13.7. The molecule has 10 heteroatoms. The highest BCUT2D eigenvalue weighted by atomic mass is 35.5. The number of allylic oxidation sites excluding steroid dienone is 2. The van der Waals surface area contributed by atoms with Crippen molar-refractivity contribution in [2.24, 2.45) is 0 Å². The van der Waals surface area contributed by atoms with Crippen LogP contribution in [0.15, 0.2) is 106 Å². The van der Waals surface area contributed by atoms with E-state index in [4.69, 9.17) is 14.1 Å². The molecular formula is C34H37ClN4O5. The first-order chi connectivity index (χ1) is 20.9. The SMILES string of the molecule is COC(=O)C1=C(C)NC(C)=C(C(=O)OCC[NH+](C)CCC(c2ccccc2)c2ccccc2)C1c1cccc2nonc12.[Cl-]. The maximum Gasteiger partial charge on any atom is 0.336 e. The molecule has 1 aliphatic rings. The molecule has 0 bridgehead atoms. The third-order valence-corrected chi connectivity index (χ3v) is 8.04. The van der Waals surface area contributed by atoms with Crippen molar-refractivity contribution in [2.75, 3.05) is 33.9 Å². The van der Waals surface area contributed by atoms with Crippen LogP contribution in [-0.2, 0) is 19.1 Å². The van der Waals surface area contributed by atoms with E-state index in [1.54, 1.807) is 26.0 Å². The van der Waals surface area contributed by atoms with Crippen molar-refractivity contribution < 1.29 is 41.0 Å². The van der Waals surface area contributed by atoms with E-state index in [0.29, 0.717) is 45.7 Å². The summed E-state index contributed by atoms with van der Waals surface area (Å²) in [6, 6.07) is 26.4. The van der Waals surface area contributed by atoms with Crippen LogP contribution in [-0.4, -0.2) is 56.1 Å². The number of nitrogens with one attached hydrogen (secondary N) is 2. The number of ether oxygens (including phenoxy) is 2. The number of hydrogen-bond donors (Lipinski definition) is 2. The van der Waals surface area contributed by atoms with Gasteiger partial charge in [0, 0.05) is 23.7 Å². The number of dihydropyridines is 1. The van der Waals surface area contributed by atoms with E-state index >= 15 is 0 Å². The van der Waals surface area contributed by atoms with Gasteiger partial charge in [-0.25, -0.2) is 14.2 Å². The summed E-state index contributed by atoms with van der Waals surface area (Å²) in [5, 5.41) is 11.2. The number of carbonyl (C=O) groups is 2. The smallest absolute Gasteiger partial charge is 0.336 e. The van der Waals surface area contributed by atoms with Crippen molar-refractivity contribution in [2.45, 2.75) is 32.1 Å². The first kappa shape index (κ1) is 32.4. The number of nitrogens with zero attached hydrogens (tertiary/aromatic N) is 2. The Morgan fingerprint density at radius 3 is 2.09 bits per heavy atom. The Labute approximate surface area is 263 Å². The van der Waals surface area contributed by atoms with Crippen molar-refractivity contribution in [1.29, 1.82) is 0 Å². The summed E-state index contributed by atoms with van der Waals surface area (Å²) in [4.78, 5) is 27.9. The first-order valence-electron chi connectivity index (χ1n) is 14.4. The van der Waals surface area contributed by atoms with E-state index in [0.717, 1.165) is 13.0 Å². The van der Waals surface area contributed by atoms with Crippen molar-refractivity contribution in [1.82, 2.24) is 15.6 Å². The van der Waals surface area contributed by atoms with Crippen LogP contribution in [0.1, 0.15) is 48.8 Å². The molecule has 1 aromatic heterocycles. The molecule has 2 N–H and O–H groups in total. The summed E-state index contributed by atoms with van der Waals surface area (Å²) in [5.41, 5.74) is 6.01. The number of fused-ring (bicyclic) bond motifs is 1. The minimum absolute atomic E-state index is 0. The number of halogens is 1. The summed E-state index contributed by atoms with van der Waals surface area (Å²) >= 11 is 0. The van der Waals surface area contributed by atoms with E-state index in [2.05, 4.69) is 71.2 Å². The van der Waals surface area contributed by atoms with Crippen molar-refractivity contribution >= 4 is 23.0 Å². The molecule has 0 amide bonds. The van der Waals surface area contributed by atoms with Crippen LogP contribution < -0.4 is 22.6 Å². The van der Waals surface area contributed by atoms with Crippen molar-refractivity contribution in [3.05, 3.63) is 118 Å². The largest absolute Gasteiger partial charge is 1.00 e. The molecule has 0 fully saturated rings. The van der Waals surface area contributed by atoms with E-state index in [-0.39, 0.29) is 24.9 Å². The quantitative estimate of drug-likeness (QED) is 0.240. The molecule has 5 rings (SSSR count). The Hall–Kier alpha value is -4.47. The lowest BCUT2D eigenvalue weighted by atomic mass is 9.80. The molecule has 0 aliphatic carbocycles. The predicted octanol–water partition coefficient (Wildman–Crippen LogP) is 0.915. The fourth-order valence-corrected chi connectivity index (χ4v) is 5.82. The van der Waals surface area contributed by atoms with Gasteiger partial charge in [0.05, 0.1) is 37.8 Å². The zero-order valence-electron chi connectivity index (χ0n) is 25.3. The molecule has 3 aromatic carbocycles. The molecule has 0 radical (unpaired) electrons. The van der Waals surface area contributed by atoms with Gasteiger partial charge in [-0.15, -0.1) is 0 Å². The lowest BCUT2D eigenvalue weighted by molar-refractivity contribution is -0.880. The number of carbonyl (C=O) groups excluding carboxylic acids is 2. The van der Waals surface area contributed by atoms with Gasteiger partial charge in [0.15, 0.2) is 0 Å². The lowest BCUT2D eigenvalue weighted by Gasteiger charge is -2.30. The van der Waals surface area contributed by atoms with Crippen LogP contribution in [0.3, 0.4) is 0 Å². The second-order valence-electron chi connectivity index (χ2n) is 10.9. The summed E-state index contributed by atoms with van der Waals surface area (Å²) < 4.78 is 15.9. The van der Waals surface area contributed by atoms with Gasteiger partial charge in [0.2, 0.25) is 0 Å². The summed E-state index contributed by atoms with van der Waals surface area (Å²) in [6.45, 7) is 5.33. The van der Waals surface area contributed by atoms with Crippen LogP contribution in [0.2, 0.25) is 0 Å². The number of benzene rings is 3. The average Bonchev–Trinajstić information content (AvgIpc) is 3.51. The fraction of sp³-hybridized carbons (Fsp3) is 0.294. The van der Waals surface area contributed by atoms with E-state index in [1.165, 1.54) is 23.1 Å². The van der Waals surface area contributed by atoms with E-state index in [1.807, 2.05) is 18.2 Å². The number of quaternary nitrogens is 1. The molecular weight excluding hydrogens is 580 g/mol. The Morgan fingerprint density at radius 2 is 1.48 bits per heavy atom. The van der Waals surface area contributed by atoms with Gasteiger partial charge in [0.1, 0.15) is 24.2 Å². The number of aromatic nitrogens is 2. The summed E-state index contributed by atoms with van der Waals surface area (Å²) in [6.07, 6.45) is 0.951. The molecule has 0 saturated carbocycles. The van der Waals surface area contributed by atoms with Gasteiger partial charge in [-0.1, -0.05) is 72.8 Å². The average molecular weight is 617 g/mol. The zero-order chi connectivity index (χ0) is 30.3. The highest BCUT2D eigenvalue weighted by Gasteiger charge is 2.39. The van der Waals surface area contributed by atoms with Gasteiger partial charge in [-0.2, -0.15) is 0 Å². The van der Waals surface area contributed by atoms with Crippen molar-refractivity contribution in [3.63, 3.8) is 0 Å². The highest BCUT2D eigenvalue weighted by molar-refractivity contribution is 6.01. The molecule has 2 atom stereocenters. The number of rotatable bonds is 11. The van der Waals surface area contributed by atoms with Crippen molar-refractivity contribution in [3.8, 4) is 0 Å². The van der Waals surface area contributed by atoms with Crippen LogP contribution >= 0.6 is 0 Å².